The van der Waals surface area contributed by atoms with Gasteiger partial charge < -0.3 is 15.5 Å². The van der Waals surface area contributed by atoms with Crippen molar-refractivity contribution in [3.8, 4) is 0 Å². The van der Waals surface area contributed by atoms with Gasteiger partial charge in [0.2, 0.25) is 0 Å². The molecule has 1 aromatic heterocycles. The van der Waals surface area contributed by atoms with Gasteiger partial charge in [-0.2, -0.15) is 0 Å². The van der Waals surface area contributed by atoms with Crippen LogP contribution < -0.4 is 16.8 Å². The normalized spacial score (nSPS) is 21.7. The second-order valence-electron chi connectivity index (χ2n) is 5.24. The number of nitrogens with one attached hydrogen (secondary N) is 1. The van der Waals surface area contributed by atoms with E-state index in [9.17, 15) is 4.79 Å². The maximum Gasteiger partial charge on any atom is 0.419 e. The van der Waals surface area contributed by atoms with Crippen molar-refractivity contribution in [1.29, 1.82) is 0 Å². The average Bonchev–Trinajstić information content (AvgIpc) is 2.74. The summed E-state index contributed by atoms with van der Waals surface area (Å²) in [6, 6.07) is 6.01. The van der Waals surface area contributed by atoms with Gasteiger partial charge in [0, 0.05) is 19.1 Å². The Morgan fingerprint density at radius 1 is 1.47 bits per heavy atom. The molecule has 0 spiro atoms. The number of rotatable bonds is 2. The lowest BCUT2D eigenvalue weighted by Crippen LogP contribution is -2.42. The van der Waals surface area contributed by atoms with Crippen molar-refractivity contribution in [3.05, 3.63) is 34.3 Å². The van der Waals surface area contributed by atoms with E-state index in [-0.39, 0.29) is 11.8 Å². The van der Waals surface area contributed by atoms with E-state index < -0.39 is 0 Å². The minimum atomic E-state index is -0.337. The zero-order valence-electron chi connectivity index (χ0n) is 11.1. The summed E-state index contributed by atoms with van der Waals surface area (Å²) >= 11 is 0. The Kier molecular flexibility index (Phi) is 3.16. The molecule has 1 aliphatic heterocycles. The third-order valence-corrected chi connectivity index (χ3v) is 3.98. The van der Waals surface area contributed by atoms with Crippen LogP contribution in [0.5, 0.6) is 0 Å². The zero-order valence-corrected chi connectivity index (χ0v) is 11.1. The minimum Gasteiger partial charge on any atom is -0.408 e. The summed E-state index contributed by atoms with van der Waals surface area (Å²) in [5, 5.41) is 3.47. The summed E-state index contributed by atoms with van der Waals surface area (Å²) in [6.45, 7) is 1.03. The molecule has 3 rings (SSSR count). The van der Waals surface area contributed by atoms with Gasteiger partial charge >= 0.3 is 5.76 Å². The fourth-order valence-electron chi connectivity index (χ4n) is 2.77. The highest BCUT2D eigenvalue weighted by atomic mass is 16.4. The highest BCUT2D eigenvalue weighted by molar-refractivity contribution is 5.73. The molecule has 5 nitrogen and oxygen atoms in total. The maximum atomic E-state index is 11.5. The number of aryl methyl sites for hydroxylation is 1. The Labute approximate surface area is 111 Å². The number of piperidine rings is 1. The molecule has 0 bridgehead atoms. The molecule has 1 aromatic carbocycles. The fourth-order valence-corrected chi connectivity index (χ4v) is 2.77. The van der Waals surface area contributed by atoms with Crippen LogP contribution in [-0.2, 0) is 7.05 Å². The number of hydrogen-bond donors (Lipinski definition) is 2. The molecule has 0 amide bonds. The van der Waals surface area contributed by atoms with E-state index in [0.717, 1.165) is 24.0 Å². The number of fused-ring (bicyclic) bond motifs is 1. The molecule has 3 N–H and O–H groups in total. The van der Waals surface area contributed by atoms with Crippen LogP contribution in [-0.4, -0.2) is 17.2 Å². The Bertz CT molecular complexity index is 638. The van der Waals surface area contributed by atoms with Gasteiger partial charge in [0.25, 0.3) is 0 Å². The summed E-state index contributed by atoms with van der Waals surface area (Å²) in [5.41, 5.74) is 8.79. The molecular weight excluding hydrogens is 242 g/mol. The molecule has 102 valence electrons. The third-order valence-electron chi connectivity index (χ3n) is 3.98. The molecule has 1 saturated heterocycles. The van der Waals surface area contributed by atoms with E-state index in [1.54, 1.807) is 7.05 Å². The molecule has 1 fully saturated rings. The molecule has 0 radical (unpaired) electrons. The highest BCUT2D eigenvalue weighted by Gasteiger charge is 2.22. The monoisotopic (exact) mass is 261 g/mol. The lowest BCUT2D eigenvalue weighted by atomic mass is 9.93. The fraction of sp³-hybridized carbons (Fsp3) is 0.500. The van der Waals surface area contributed by atoms with Crippen molar-refractivity contribution in [3.63, 3.8) is 0 Å². The van der Waals surface area contributed by atoms with Crippen LogP contribution in [0.2, 0.25) is 0 Å². The SMILES string of the molecule is Cn1c(=O)oc2ccc(C(N)C3CCCCN3)cc21. The van der Waals surface area contributed by atoms with Crippen LogP contribution in [0.15, 0.2) is 27.4 Å². The summed E-state index contributed by atoms with van der Waals surface area (Å²) in [5.74, 6) is -0.337. The van der Waals surface area contributed by atoms with Crippen LogP contribution in [0.4, 0.5) is 0 Å². The Hall–Kier alpha value is -1.59. The minimum absolute atomic E-state index is 0.0466. The smallest absolute Gasteiger partial charge is 0.408 e. The van der Waals surface area contributed by atoms with Gasteiger partial charge in [-0.1, -0.05) is 12.5 Å². The van der Waals surface area contributed by atoms with Crippen molar-refractivity contribution in [2.45, 2.75) is 31.3 Å². The molecule has 2 aromatic rings. The molecule has 5 heteroatoms. The first kappa shape index (κ1) is 12.4. The number of aromatic nitrogens is 1. The van der Waals surface area contributed by atoms with E-state index in [2.05, 4.69) is 5.32 Å². The quantitative estimate of drug-likeness (QED) is 0.854. The van der Waals surface area contributed by atoms with Gasteiger partial charge in [-0.25, -0.2) is 4.79 Å². The first-order chi connectivity index (χ1) is 9.16. The first-order valence-electron chi connectivity index (χ1n) is 6.75. The predicted molar refractivity (Wildman–Crippen MR) is 74.0 cm³/mol. The molecule has 0 aliphatic carbocycles. The number of hydrogen-bond acceptors (Lipinski definition) is 4. The molecule has 2 atom stereocenters. The van der Waals surface area contributed by atoms with Crippen molar-refractivity contribution in [1.82, 2.24) is 9.88 Å². The van der Waals surface area contributed by atoms with Gasteiger partial charge in [0.15, 0.2) is 5.58 Å². The number of benzene rings is 1. The first-order valence-corrected chi connectivity index (χ1v) is 6.75. The van der Waals surface area contributed by atoms with Crippen LogP contribution in [0.1, 0.15) is 30.9 Å². The van der Waals surface area contributed by atoms with E-state index in [4.69, 9.17) is 10.2 Å². The Morgan fingerprint density at radius 3 is 3.05 bits per heavy atom. The van der Waals surface area contributed by atoms with Gasteiger partial charge in [-0.05, 0) is 37.1 Å². The average molecular weight is 261 g/mol. The molecular formula is C14H19N3O2. The number of nitrogens with two attached hydrogens (primary N) is 1. The van der Waals surface area contributed by atoms with Crippen LogP contribution in [0, 0.1) is 0 Å². The molecule has 2 heterocycles. The van der Waals surface area contributed by atoms with Crippen LogP contribution in [0.25, 0.3) is 11.1 Å². The lowest BCUT2D eigenvalue weighted by Gasteiger charge is -2.29. The van der Waals surface area contributed by atoms with Crippen LogP contribution in [0.3, 0.4) is 0 Å². The third kappa shape index (κ3) is 2.19. The van der Waals surface area contributed by atoms with Gasteiger partial charge in [0.05, 0.1) is 5.52 Å². The molecule has 19 heavy (non-hydrogen) atoms. The second-order valence-corrected chi connectivity index (χ2v) is 5.24. The predicted octanol–water partition coefficient (Wildman–Crippen LogP) is 1.27. The van der Waals surface area contributed by atoms with E-state index in [1.807, 2.05) is 18.2 Å². The Balaban J connectivity index is 1.95. The molecule has 0 saturated carbocycles. The summed E-state index contributed by atoms with van der Waals surface area (Å²) in [6.07, 6.45) is 3.54. The largest absolute Gasteiger partial charge is 0.419 e. The highest BCUT2D eigenvalue weighted by Crippen LogP contribution is 2.23. The maximum absolute atomic E-state index is 11.5. The van der Waals surface area contributed by atoms with Crippen molar-refractivity contribution in [2.24, 2.45) is 12.8 Å². The van der Waals surface area contributed by atoms with Gasteiger partial charge in [-0.15, -0.1) is 0 Å². The van der Waals surface area contributed by atoms with Crippen LogP contribution >= 0.6 is 0 Å². The van der Waals surface area contributed by atoms with Gasteiger partial charge in [0.1, 0.15) is 0 Å². The van der Waals surface area contributed by atoms with E-state index in [0.29, 0.717) is 11.6 Å². The lowest BCUT2D eigenvalue weighted by molar-refractivity contribution is 0.354. The molecule has 1 aliphatic rings. The summed E-state index contributed by atoms with van der Waals surface area (Å²) in [4.78, 5) is 11.5. The van der Waals surface area contributed by atoms with Crippen molar-refractivity contribution in [2.75, 3.05) is 6.54 Å². The van der Waals surface area contributed by atoms with E-state index >= 15 is 0 Å². The standard InChI is InChI=1S/C14H19N3O2/c1-17-11-8-9(5-6-12(11)19-14(17)18)13(15)10-4-2-3-7-16-10/h5-6,8,10,13,16H,2-4,7,15H2,1H3. The topological polar surface area (TPSA) is 73.2 Å². The van der Waals surface area contributed by atoms with E-state index in [1.165, 1.54) is 17.4 Å². The van der Waals surface area contributed by atoms with Crippen molar-refractivity contribution >= 4 is 11.1 Å². The van der Waals surface area contributed by atoms with Crippen molar-refractivity contribution < 1.29 is 4.42 Å². The zero-order chi connectivity index (χ0) is 13.4. The number of oxazole rings is 1. The number of nitrogens with zero attached hydrogens (tertiary/aromatic N) is 1. The summed E-state index contributed by atoms with van der Waals surface area (Å²) in [7, 11) is 1.71. The van der Waals surface area contributed by atoms with Gasteiger partial charge in [-0.3, -0.25) is 4.57 Å². The second kappa shape index (κ2) is 4.83. The molecule has 2 unspecified atom stereocenters. The Morgan fingerprint density at radius 2 is 2.32 bits per heavy atom. The summed E-state index contributed by atoms with van der Waals surface area (Å²) < 4.78 is 6.64.